The van der Waals surface area contributed by atoms with Crippen LogP contribution in [0.2, 0.25) is 0 Å². The van der Waals surface area contributed by atoms with Crippen LogP contribution in [-0.2, 0) is 27.6 Å². The number of fused-ring (bicyclic) bond motifs is 1. The van der Waals surface area contributed by atoms with Crippen molar-refractivity contribution < 1.29 is 24.0 Å². The zero-order valence-electron chi connectivity index (χ0n) is 18.5. The molecule has 5 rings (SSSR count). The highest BCUT2D eigenvalue weighted by molar-refractivity contribution is 7.83. The summed E-state index contributed by atoms with van der Waals surface area (Å²) in [5.74, 6) is 1.63. The molecular weight excluding hydrogens is 440 g/mol. The molecule has 0 spiro atoms. The van der Waals surface area contributed by atoms with Crippen molar-refractivity contribution in [1.82, 2.24) is 9.71 Å². The standard InChI is InChI=1S/C25H24N2O4S.H2O/c1-16-21(17-3-7-20(8-4-17)32(29)26-2)9-6-19(27-16)14-24(28)25(11-12-25)18-5-10-22-23(13-18)31-15-30-22;/h3-10,13,26H,11-12,14-15H2,1-2H3;1H2. The Hall–Kier alpha value is -3.07. The third kappa shape index (κ3) is 4.29. The molecule has 1 aromatic heterocycles. The van der Waals surface area contributed by atoms with Crippen LogP contribution in [0.15, 0.2) is 59.5 Å². The number of ether oxygens (including phenoxy) is 2. The van der Waals surface area contributed by atoms with E-state index in [4.69, 9.17) is 14.5 Å². The fraction of sp³-hybridized carbons (Fsp3) is 0.280. The molecule has 1 atom stereocenters. The van der Waals surface area contributed by atoms with Crippen LogP contribution in [0.3, 0.4) is 0 Å². The molecule has 2 heterocycles. The molecule has 0 radical (unpaired) electrons. The molecule has 172 valence electrons. The Kier molecular flexibility index (Phi) is 6.34. The maximum Gasteiger partial charge on any atom is 0.231 e. The SMILES string of the molecule is CNS(=O)c1ccc(-c2ccc(CC(=O)C3(c4ccc5c(c4)OCO5)CC3)nc2C)cc1.O. The fourth-order valence-electron chi connectivity index (χ4n) is 4.27. The number of nitrogens with zero attached hydrogens (tertiary/aromatic N) is 1. The summed E-state index contributed by atoms with van der Waals surface area (Å²) in [6.45, 7) is 2.18. The van der Waals surface area contributed by atoms with Crippen molar-refractivity contribution in [3.05, 3.63) is 71.5 Å². The quantitative estimate of drug-likeness (QED) is 0.576. The fourth-order valence-corrected chi connectivity index (χ4v) is 4.89. The van der Waals surface area contributed by atoms with E-state index in [9.17, 15) is 9.00 Å². The number of benzene rings is 2. The van der Waals surface area contributed by atoms with E-state index in [2.05, 4.69) is 4.72 Å². The topological polar surface area (TPSA) is 109 Å². The van der Waals surface area contributed by atoms with Crippen LogP contribution in [0.4, 0.5) is 0 Å². The van der Waals surface area contributed by atoms with E-state index < -0.39 is 16.4 Å². The Labute approximate surface area is 195 Å². The van der Waals surface area contributed by atoms with Crippen LogP contribution in [-0.4, -0.2) is 34.3 Å². The minimum Gasteiger partial charge on any atom is -0.454 e. The molecule has 33 heavy (non-hydrogen) atoms. The van der Waals surface area contributed by atoms with E-state index in [1.54, 1.807) is 7.05 Å². The summed E-state index contributed by atoms with van der Waals surface area (Å²) in [7, 11) is 0.456. The lowest BCUT2D eigenvalue weighted by Crippen LogP contribution is -2.23. The molecule has 3 aromatic rings. The molecule has 0 bridgehead atoms. The van der Waals surface area contributed by atoms with E-state index in [0.29, 0.717) is 12.2 Å². The van der Waals surface area contributed by atoms with Gasteiger partial charge in [-0.3, -0.25) is 9.78 Å². The van der Waals surface area contributed by atoms with Gasteiger partial charge in [-0.1, -0.05) is 24.3 Å². The minimum absolute atomic E-state index is 0. The third-order valence-electron chi connectivity index (χ3n) is 6.26. The average Bonchev–Trinajstić information content (AvgIpc) is 3.49. The van der Waals surface area contributed by atoms with E-state index in [-0.39, 0.29) is 18.1 Å². The number of rotatable bonds is 7. The number of ketones is 1. The van der Waals surface area contributed by atoms with Crippen molar-refractivity contribution in [1.29, 1.82) is 0 Å². The molecule has 7 nitrogen and oxygen atoms in total. The Morgan fingerprint density at radius 2 is 1.79 bits per heavy atom. The van der Waals surface area contributed by atoms with Crippen LogP contribution >= 0.6 is 0 Å². The predicted molar refractivity (Wildman–Crippen MR) is 126 cm³/mol. The Morgan fingerprint density at radius 3 is 2.45 bits per heavy atom. The van der Waals surface area contributed by atoms with Gasteiger partial charge < -0.3 is 14.9 Å². The molecular formula is C25H26N2O5S. The second-order valence-electron chi connectivity index (χ2n) is 8.18. The maximum atomic E-state index is 13.2. The van der Waals surface area contributed by atoms with Gasteiger partial charge in [0.25, 0.3) is 0 Å². The highest BCUT2D eigenvalue weighted by atomic mass is 32.2. The number of hydrogen-bond acceptors (Lipinski definition) is 5. The number of carbonyl (C=O) groups excluding carboxylic acids is 1. The first-order valence-corrected chi connectivity index (χ1v) is 11.7. The van der Waals surface area contributed by atoms with E-state index in [1.165, 1.54) is 0 Å². The monoisotopic (exact) mass is 466 g/mol. The first kappa shape index (κ1) is 23.1. The molecule has 1 aliphatic heterocycles. The molecule has 1 fully saturated rings. The van der Waals surface area contributed by atoms with Crippen LogP contribution in [0.5, 0.6) is 11.5 Å². The van der Waals surface area contributed by atoms with Crippen LogP contribution in [0.1, 0.15) is 29.8 Å². The van der Waals surface area contributed by atoms with Gasteiger partial charge in [0.15, 0.2) is 11.5 Å². The number of aryl methyl sites for hydroxylation is 1. The number of Topliss-reactive ketones (excluding diaryl/α,β-unsaturated/α-hetero) is 1. The van der Waals surface area contributed by atoms with Gasteiger partial charge in [0, 0.05) is 23.4 Å². The minimum atomic E-state index is -1.21. The molecule has 2 aliphatic rings. The van der Waals surface area contributed by atoms with Crippen molar-refractivity contribution >= 4 is 16.8 Å². The van der Waals surface area contributed by atoms with Crippen LogP contribution in [0, 0.1) is 6.92 Å². The zero-order valence-corrected chi connectivity index (χ0v) is 19.3. The number of pyridine rings is 1. The number of nitrogens with one attached hydrogen (secondary N) is 1. The third-order valence-corrected chi connectivity index (χ3v) is 7.33. The summed E-state index contributed by atoms with van der Waals surface area (Å²) in [5, 5.41) is 0. The van der Waals surface area contributed by atoms with Crippen molar-refractivity contribution in [3.63, 3.8) is 0 Å². The Bertz CT molecular complexity index is 1220. The van der Waals surface area contributed by atoms with Crippen LogP contribution in [0.25, 0.3) is 11.1 Å². The second kappa shape index (κ2) is 9.05. The lowest BCUT2D eigenvalue weighted by Gasteiger charge is -2.15. The molecule has 0 saturated heterocycles. The highest BCUT2D eigenvalue weighted by Crippen LogP contribution is 2.51. The summed E-state index contributed by atoms with van der Waals surface area (Å²) in [5.41, 5.74) is 4.21. The maximum absolute atomic E-state index is 13.2. The Morgan fingerprint density at radius 1 is 1.06 bits per heavy atom. The molecule has 1 unspecified atom stereocenters. The van der Waals surface area contributed by atoms with Gasteiger partial charge >= 0.3 is 0 Å². The predicted octanol–water partition coefficient (Wildman–Crippen LogP) is 3.05. The lowest BCUT2D eigenvalue weighted by molar-refractivity contribution is -0.120. The number of carbonyl (C=O) groups is 1. The number of aromatic nitrogens is 1. The summed E-state index contributed by atoms with van der Waals surface area (Å²) >= 11 is 0. The normalized spacial score (nSPS) is 16.1. The summed E-state index contributed by atoms with van der Waals surface area (Å²) < 4.78 is 25.5. The summed E-state index contributed by atoms with van der Waals surface area (Å²) in [4.78, 5) is 18.7. The van der Waals surface area contributed by atoms with Crippen molar-refractivity contribution in [2.75, 3.05) is 13.8 Å². The van der Waals surface area contributed by atoms with Crippen LogP contribution < -0.4 is 14.2 Å². The van der Waals surface area contributed by atoms with E-state index >= 15 is 0 Å². The zero-order chi connectivity index (χ0) is 22.3. The Balaban J connectivity index is 0.00000259. The lowest BCUT2D eigenvalue weighted by atomic mass is 9.88. The smallest absolute Gasteiger partial charge is 0.231 e. The first-order valence-electron chi connectivity index (χ1n) is 10.6. The van der Waals surface area contributed by atoms with Gasteiger partial charge in [-0.2, -0.15) is 0 Å². The van der Waals surface area contributed by atoms with Gasteiger partial charge in [-0.05, 0) is 68.3 Å². The van der Waals surface area contributed by atoms with E-state index in [0.717, 1.165) is 51.6 Å². The molecule has 1 aliphatic carbocycles. The number of hydrogen-bond donors (Lipinski definition) is 1. The molecule has 2 aromatic carbocycles. The molecule has 1 saturated carbocycles. The molecule has 3 N–H and O–H groups in total. The van der Waals surface area contributed by atoms with Gasteiger partial charge in [0.05, 0.1) is 10.3 Å². The van der Waals surface area contributed by atoms with Gasteiger partial charge in [-0.15, -0.1) is 0 Å². The molecule has 0 amide bonds. The molecule has 8 heteroatoms. The second-order valence-corrected chi connectivity index (χ2v) is 9.60. The van der Waals surface area contributed by atoms with Gasteiger partial charge in [0.2, 0.25) is 6.79 Å². The van der Waals surface area contributed by atoms with Crippen molar-refractivity contribution in [3.8, 4) is 22.6 Å². The van der Waals surface area contributed by atoms with E-state index in [1.807, 2.05) is 61.5 Å². The summed E-state index contributed by atoms with van der Waals surface area (Å²) in [6.07, 6.45) is 2.00. The average molecular weight is 467 g/mol. The largest absolute Gasteiger partial charge is 0.454 e. The van der Waals surface area contributed by atoms with Crippen molar-refractivity contribution in [2.45, 2.75) is 36.5 Å². The van der Waals surface area contributed by atoms with Gasteiger partial charge in [-0.25, -0.2) is 8.93 Å². The van der Waals surface area contributed by atoms with Gasteiger partial charge in [0.1, 0.15) is 16.8 Å². The summed E-state index contributed by atoms with van der Waals surface area (Å²) in [6, 6.07) is 17.3. The highest BCUT2D eigenvalue weighted by Gasteiger charge is 2.51. The van der Waals surface area contributed by atoms with Crippen molar-refractivity contribution in [2.24, 2.45) is 0 Å². The first-order chi connectivity index (χ1) is 15.5.